The van der Waals surface area contributed by atoms with Crippen LogP contribution in [0.1, 0.15) is 271 Å². The minimum Gasteiger partial charge on any atom is -0.462 e. The lowest BCUT2D eigenvalue weighted by atomic mass is 10.1. The predicted molar refractivity (Wildman–Crippen MR) is 320 cm³/mol. The molecule has 0 radical (unpaired) electrons. The number of ether oxygens (including phenoxy) is 3. The molecule has 0 aliphatic rings. The van der Waals surface area contributed by atoms with Crippen molar-refractivity contribution in [2.75, 3.05) is 13.2 Å². The van der Waals surface area contributed by atoms with Gasteiger partial charge in [0.2, 0.25) is 0 Å². The summed E-state index contributed by atoms with van der Waals surface area (Å²) in [6.45, 7) is 6.42. The first-order valence-corrected chi connectivity index (χ1v) is 30.5. The van der Waals surface area contributed by atoms with Crippen molar-refractivity contribution < 1.29 is 28.6 Å². The van der Waals surface area contributed by atoms with E-state index in [0.29, 0.717) is 19.3 Å². The van der Waals surface area contributed by atoms with Gasteiger partial charge in [0.05, 0.1) is 0 Å². The van der Waals surface area contributed by atoms with Crippen LogP contribution < -0.4 is 0 Å². The highest BCUT2D eigenvalue weighted by Crippen LogP contribution is 2.14. The molecule has 420 valence electrons. The molecule has 0 aromatic carbocycles. The van der Waals surface area contributed by atoms with Gasteiger partial charge in [-0.15, -0.1) is 0 Å². The first kappa shape index (κ1) is 69.8. The van der Waals surface area contributed by atoms with Crippen LogP contribution in [0.25, 0.3) is 0 Å². The maximum atomic E-state index is 12.9. The molecular weight excluding hydrogens is 913 g/mol. The van der Waals surface area contributed by atoms with Crippen molar-refractivity contribution in [1.29, 1.82) is 0 Å². The van der Waals surface area contributed by atoms with Gasteiger partial charge >= 0.3 is 17.9 Å². The Morgan fingerprint density at radius 2 is 0.554 bits per heavy atom. The molecule has 0 bridgehead atoms. The van der Waals surface area contributed by atoms with Gasteiger partial charge in [-0.3, -0.25) is 14.4 Å². The lowest BCUT2D eigenvalue weighted by Crippen LogP contribution is -2.30. The number of rotatable bonds is 54. The molecule has 0 fully saturated rings. The number of carbonyl (C=O) groups is 3. The van der Waals surface area contributed by atoms with Crippen molar-refractivity contribution >= 4 is 17.9 Å². The Morgan fingerprint density at radius 1 is 0.284 bits per heavy atom. The van der Waals surface area contributed by atoms with E-state index in [2.05, 4.69) is 142 Å². The van der Waals surface area contributed by atoms with Crippen LogP contribution in [-0.4, -0.2) is 37.2 Å². The summed E-state index contributed by atoms with van der Waals surface area (Å²) in [4.78, 5) is 38.2. The van der Waals surface area contributed by atoms with E-state index in [0.717, 1.165) is 141 Å². The van der Waals surface area contributed by atoms with Gasteiger partial charge in [0.15, 0.2) is 6.10 Å². The molecule has 0 aromatic heterocycles. The van der Waals surface area contributed by atoms with Gasteiger partial charge in [0.25, 0.3) is 0 Å². The van der Waals surface area contributed by atoms with Crippen molar-refractivity contribution in [2.24, 2.45) is 0 Å². The molecule has 0 heterocycles. The van der Waals surface area contributed by atoms with Crippen LogP contribution in [0, 0.1) is 0 Å². The summed E-state index contributed by atoms with van der Waals surface area (Å²) in [5.41, 5.74) is 0. The van der Waals surface area contributed by atoms with Crippen LogP contribution in [0.15, 0.2) is 122 Å². The molecule has 0 aromatic rings. The van der Waals surface area contributed by atoms with Crippen molar-refractivity contribution in [3.8, 4) is 0 Å². The zero-order valence-corrected chi connectivity index (χ0v) is 48.1. The van der Waals surface area contributed by atoms with Gasteiger partial charge in [-0.05, 0) is 128 Å². The SMILES string of the molecule is CC/C=C\C/C=C\C/C=C\C/C=C\C/C=C\C/C=C\C/C=C\CCCCCC(=O)OCC(COC(=O)CCCCCCC/C=C\C/C=C\CCC)OC(=O)CCCCCCCCC/C=C\CCCCCCCCC. The molecule has 0 N–H and O–H groups in total. The summed E-state index contributed by atoms with van der Waals surface area (Å²) in [6.07, 6.45) is 84.8. The van der Waals surface area contributed by atoms with E-state index in [1.807, 2.05) is 0 Å². The quantitative estimate of drug-likeness (QED) is 0.0261. The monoisotopic (exact) mass is 1020 g/mol. The van der Waals surface area contributed by atoms with E-state index < -0.39 is 6.10 Å². The second-order valence-electron chi connectivity index (χ2n) is 19.9. The average molecular weight is 1030 g/mol. The Bertz CT molecular complexity index is 1550. The zero-order valence-electron chi connectivity index (χ0n) is 48.1. The molecule has 0 aliphatic carbocycles. The highest BCUT2D eigenvalue weighted by Gasteiger charge is 2.19. The number of allylic oxidation sites excluding steroid dienone is 20. The van der Waals surface area contributed by atoms with Crippen molar-refractivity contribution in [3.63, 3.8) is 0 Å². The van der Waals surface area contributed by atoms with Crippen LogP contribution in [0.2, 0.25) is 0 Å². The maximum Gasteiger partial charge on any atom is 0.306 e. The summed E-state index contributed by atoms with van der Waals surface area (Å²) in [5.74, 6) is -0.950. The number of esters is 3. The maximum absolute atomic E-state index is 12.9. The Balaban J connectivity index is 4.44. The topological polar surface area (TPSA) is 78.9 Å². The fourth-order valence-electron chi connectivity index (χ4n) is 8.10. The third kappa shape index (κ3) is 58.7. The number of carbonyl (C=O) groups excluding carboxylic acids is 3. The highest BCUT2D eigenvalue weighted by molar-refractivity contribution is 5.71. The second kappa shape index (κ2) is 61.4. The Kier molecular flexibility index (Phi) is 57.9. The van der Waals surface area contributed by atoms with Crippen molar-refractivity contribution in [2.45, 2.75) is 277 Å². The molecule has 0 amide bonds. The lowest BCUT2D eigenvalue weighted by Gasteiger charge is -2.18. The standard InChI is InChI=1S/C68H112O6/c1-4-7-10-13-16-19-22-25-27-29-31-32-33-34-35-36-37-39-40-43-46-49-52-55-58-61-67(70)73-64-65(63-72-66(69)60-57-54-51-48-45-42-24-21-18-15-12-9-6-3)74-68(71)62-59-56-53-50-47-44-41-38-30-28-26-23-20-17-14-11-8-5-2/h7,10,12,15-16,19,21,24-25,27-28,30-32,34-35,37,39,43,46,65H,4-6,8-9,11,13-14,17-18,20,22-23,26,29,33,36,38,40-42,44-45,47-64H2,1-3H3/b10-7-,15-12-,19-16-,24-21-,27-25-,30-28-,32-31-,35-34-,39-37-,46-43-. The Morgan fingerprint density at radius 3 is 0.905 bits per heavy atom. The predicted octanol–water partition coefficient (Wildman–Crippen LogP) is 20.8. The van der Waals surface area contributed by atoms with E-state index in [4.69, 9.17) is 14.2 Å². The average Bonchev–Trinajstić information content (AvgIpc) is 3.40. The molecular formula is C68H112O6. The smallest absolute Gasteiger partial charge is 0.306 e. The number of hydrogen-bond donors (Lipinski definition) is 0. The third-order valence-corrected chi connectivity index (χ3v) is 12.7. The minimum absolute atomic E-state index is 0.100. The Hall–Kier alpha value is -4.19. The molecule has 6 nitrogen and oxygen atoms in total. The van der Waals surface area contributed by atoms with E-state index in [9.17, 15) is 14.4 Å². The van der Waals surface area contributed by atoms with Crippen molar-refractivity contribution in [3.05, 3.63) is 122 Å². The summed E-state index contributed by atoms with van der Waals surface area (Å²) in [7, 11) is 0. The third-order valence-electron chi connectivity index (χ3n) is 12.7. The fourth-order valence-corrected chi connectivity index (χ4v) is 8.10. The fraction of sp³-hybridized carbons (Fsp3) is 0.662. The van der Waals surface area contributed by atoms with Gasteiger partial charge in [-0.25, -0.2) is 0 Å². The van der Waals surface area contributed by atoms with Crippen molar-refractivity contribution in [1.82, 2.24) is 0 Å². The highest BCUT2D eigenvalue weighted by atomic mass is 16.6. The summed E-state index contributed by atoms with van der Waals surface area (Å²) < 4.78 is 16.9. The first-order valence-electron chi connectivity index (χ1n) is 30.5. The zero-order chi connectivity index (χ0) is 53.6. The second-order valence-corrected chi connectivity index (χ2v) is 19.9. The van der Waals surface area contributed by atoms with E-state index in [-0.39, 0.29) is 31.1 Å². The molecule has 1 atom stereocenters. The molecule has 0 spiro atoms. The van der Waals surface area contributed by atoms with Crippen LogP contribution in [0.5, 0.6) is 0 Å². The van der Waals surface area contributed by atoms with E-state index >= 15 is 0 Å². The van der Waals surface area contributed by atoms with E-state index in [1.165, 1.54) is 89.9 Å². The van der Waals surface area contributed by atoms with Gasteiger partial charge in [0.1, 0.15) is 13.2 Å². The van der Waals surface area contributed by atoms with Crippen LogP contribution in [0.3, 0.4) is 0 Å². The van der Waals surface area contributed by atoms with Gasteiger partial charge in [0, 0.05) is 19.3 Å². The summed E-state index contributed by atoms with van der Waals surface area (Å²) in [5, 5.41) is 0. The molecule has 0 aliphatic heterocycles. The van der Waals surface area contributed by atoms with Crippen LogP contribution in [-0.2, 0) is 28.6 Å². The van der Waals surface area contributed by atoms with E-state index in [1.54, 1.807) is 0 Å². The van der Waals surface area contributed by atoms with Gasteiger partial charge in [-0.1, -0.05) is 245 Å². The largest absolute Gasteiger partial charge is 0.462 e. The molecule has 0 saturated carbocycles. The molecule has 6 heteroatoms. The number of hydrogen-bond acceptors (Lipinski definition) is 6. The minimum atomic E-state index is -0.804. The molecule has 1 unspecified atom stereocenters. The lowest BCUT2D eigenvalue weighted by molar-refractivity contribution is -0.167. The van der Waals surface area contributed by atoms with Gasteiger partial charge < -0.3 is 14.2 Å². The molecule has 0 saturated heterocycles. The normalized spacial score (nSPS) is 13.0. The molecule has 74 heavy (non-hydrogen) atoms. The molecule has 0 rings (SSSR count). The first-order chi connectivity index (χ1) is 36.5. The summed E-state index contributed by atoms with van der Waals surface area (Å²) >= 11 is 0. The summed E-state index contributed by atoms with van der Waals surface area (Å²) in [6, 6.07) is 0. The van der Waals surface area contributed by atoms with Crippen LogP contribution >= 0.6 is 0 Å². The van der Waals surface area contributed by atoms with Crippen LogP contribution in [0.4, 0.5) is 0 Å². The number of unbranched alkanes of at least 4 members (excludes halogenated alkanes) is 23. The Labute approximate surface area is 456 Å². The van der Waals surface area contributed by atoms with Gasteiger partial charge in [-0.2, -0.15) is 0 Å².